The molecule has 0 aliphatic carbocycles. The summed E-state index contributed by atoms with van der Waals surface area (Å²) in [5.74, 6) is 1.86. The number of aromatic nitrogens is 4. The van der Waals surface area contributed by atoms with Crippen LogP contribution in [0.15, 0.2) is 77.9 Å². The Hall–Kier alpha value is -4.92. The lowest BCUT2D eigenvalue weighted by molar-refractivity contribution is 0.0990. The normalized spacial score (nSPS) is 12.7. The number of carbonyl (C=O) groups is 1. The van der Waals surface area contributed by atoms with E-state index in [1.165, 1.54) is 0 Å². The van der Waals surface area contributed by atoms with Gasteiger partial charge in [-0.15, -0.1) is 0 Å². The van der Waals surface area contributed by atoms with Gasteiger partial charge in [0.1, 0.15) is 11.3 Å². The first-order valence-electron chi connectivity index (χ1n) is 13.1. The molecule has 0 saturated heterocycles. The molecule has 4 heterocycles. The maximum Gasteiger partial charge on any atom is 0.282 e. The molecule has 40 heavy (non-hydrogen) atoms. The third-order valence-electron chi connectivity index (χ3n) is 7.14. The van der Waals surface area contributed by atoms with Crippen molar-refractivity contribution >= 4 is 16.7 Å². The number of ketones is 1. The van der Waals surface area contributed by atoms with Crippen molar-refractivity contribution in [3.8, 4) is 28.8 Å². The molecule has 9 heteroatoms. The van der Waals surface area contributed by atoms with Crippen LogP contribution in [0, 0.1) is 0 Å². The minimum Gasteiger partial charge on any atom is -0.493 e. The van der Waals surface area contributed by atoms with Crippen molar-refractivity contribution in [2.45, 2.75) is 32.2 Å². The molecule has 0 saturated carbocycles. The van der Waals surface area contributed by atoms with Gasteiger partial charge < -0.3 is 14.2 Å². The lowest BCUT2D eigenvalue weighted by Gasteiger charge is -2.19. The van der Waals surface area contributed by atoms with Gasteiger partial charge in [-0.05, 0) is 49.1 Å². The monoisotopic (exact) mass is 536 g/mol. The molecule has 6 rings (SSSR count). The predicted octanol–water partition coefficient (Wildman–Crippen LogP) is 5.15. The number of carbonyl (C=O) groups excluding carboxylic acids is 1. The SMILES string of the molecule is COc1cc2nccc(Oc3ccc(CC(=O)c4c5n(n(-c6ccccc6)c4=O)CCCC5)cn3)c2cc1OC. The number of hydrogen-bond donors (Lipinski definition) is 0. The average Bonchev–Trinajstić information content (AvgIpc) is 3.29. The van der Waals surface area contributed by atoms with E-state index < -0.39 is 0 Å². The van der Waals surface area contributed by atoms with Crippen LogP contribution in [-0.4, -0.2) is 39.3 Å². The van der Waals surface area contributed by atoms with Gasteiger partial charge in [0.2, 0.25) is 5.88 Å². The Morgan fingerprint density at radius 1 is 0.925 bits per heavy atom. The summed E-state index contributed by atoms with van der Waals surface area (Å²) < 4.78 is 20.5. The Balaban J connectivity index is 1.25. The van der Waals surface area contributed by atoms with Crippen LogP contribution in [0.25, 0.3) is 16.6 Å². The highest BCUT2D eigenvalue weighted by molar-refractivity contribution is 5.98. The molecule has 2 aromatic carbocycles. The van der Waals surface area contributed by atoms with Crippen molar-refractivity contribution in [3.05, 3.63) is 100 Å². The number of nitrogens with zero attached hydrogens (tertiary/aromatic N) is 4. The lowest BCUT2D eigenvalue weighted by atomic mass is 10.0. The molecular weight excluding hydrogens is 508 g/mol. The summed E-state index contributed by atoms with van der Waals surface area (Å²) in [4.78, 5) is 35.8. The zero-order valence-corrected chi connectivity index (χ0v) is 22.3. The van der Waals surface area contributed by atoms with Crippen LogP contribution in [0.2, 0.25) is 0 Å². The Kier molecular flexibility index (Phi) is 6.77. The van der Waals surface area contributed by atoms with Gasteiger partial charge >= 0.3 is 0 Å². The first kappa shape index (κ1) is 25.4. The summed E-state index contributed by atoms with van der Waals surface area (Å²) in [5, 5.41) is 0.745. The van der Waals surface area contributed by atoms with E-state index in [0.717, 1.165) is 29.6 Å². The molecule has 0 N–H and O–H groups in total. The van der Waals surface area contributed by atoms with E-state index in [9.17, 15) is 9.59 Å². The summed E-state index contributed by atoms with van der Waals surface area (Å²) >= 11 is 0. The maximum atomic E-state index is 13.5. The van der Waals surface area contributed by atoms with Gasteiger partial charge in [0, 0.05) is 42.9 Å². The summed E-state index contributed by atoms with van der Waals surface area (Å²) in [7, 11) is 3.15. The summed E-state index contributed by atoms with van der Waals surface area (Å²) in [5.41, 5.74) is 2.97. The molecule has 5 aromatic rings. The Morgan fingerprint density at radius 2 is 1.73 bits per heavy atom. The molecule has 0 bridgehead atoms. The van der Waals surface area contributed by atoms with E-state index >= 15 is 0 Å². The van der Waals surface area contributed by atoms with Crippen molar-refractivity contribution in [2.24, 2.45) is 0 Å². The average molecular weight is 537 g/mol. The van der Waals surface area contributed by atoms with E-state index in [0.29, 0.717) is 47.2 Å². The Labute approximate surface area is 230 Å². The molecule has 0 amide bonds. The largest absolute Gasteiger partial charge is 0.493 e. The first-order chi connectivity index (χ1) is 19.6. The first-order valence-corrected chi connectivity index (χ1v) is 13.1. The molecule has 9 nitrogen and oxygen atoms in total. The number of methoxy groups -OCH3 is 2. The highest BCUT2D eigenvalue weighted by Gasteiger charge is 2.27. The highest BCUT2D eigenvalue weighted by Crippen LogP contribution is 2.36. The molecule has 1 aliphatic rings. The minimum atomic E-state index is -0.266. The molecule has 0 spiro atoms. The van der Waals surface area contributed by atoms with Crippen molar-refractivity contribution in [1.82, 2.24) is 19.3 Å². The number of benzene rings is 2. The smallest absolute Gasteiger partial charge is 0.282 e. The van der Waals surface area contributed by atoms with Crippen molar-refractivity contribution in [2.75, 3.05) is 14.2 Å². The van der Waals surface area contributed by atoms with Crippen molar-refractivity contribution in [1.29, 1.82) is 0 Å². The zero-order chi connectivity index (χ0) is 27.6. The van der Waals surface area contributed by atoms with E-state index in [4.69, 9.17) is 14.2 Å². The van der Waals surface area contributed by atoms with Crippen LogP contribution in [0.5, 0.6) is 23.1 Å². The lowest BCUT2D eigenvalue weighted by Crippen LogP contribution is -2.24. The fraction of sp³-hybridized carbons (Fsp3) is 0.226. The summed E-state index contributed by atoms with van der Waals surface area (Å²) in [6.07, 6.45) is 5.96. The number of rotatable bonds is 8. The molecule has 0 radical (unpaired) electrons. The van der Waals surface area contributed by atoms with E-state index in [2.05, 4.69) is 9.97 Å². The molecule has 0 atom stereocenters. The molecule has 202 valence electrons. The van der Waals surface area contributed by atoms with Gasteiger partial charge in [0.25, 0.3) is 5.56 Å². The topological polar surface area (TPSA) is 97.5 Å². The number of fused-ring (bicyclic) bond motifs is 2. The number of Topliss-reactive ketones (excluding diaryl/α,β-unsaturated/α-hetero) is 1. The van der Waals surface area contributed by atoms with Crippen LogP contribution >= 0.6 is 0 Å². The van der Waals surface area contributed by atoms with Crippen molar-refractivity contribution < 1.29 is 19.0 Å². The number of pyridine rings is 2. The van der Waals surface area contributed by atoms with E-state index in [1.54, 1.807) is 55.6 Å². The number of ether oxygens (including phenoxy) is 3. The predicted molar refractivity (Wildman–Crippen MR) is 150 cm³/mol. The van der Waals surface area contributed by atoms with Gasteiger partial charge in [-0.2, -0.15) is 0 Å². The molecule has 1 aliphatic heterocycles. The van der Waals surface area contributed by atoms with E-state index in [-0.39, 0.29) is 23.3 Å². The Morgan fingerprint density at radius 3 is 2.48 bits per heavy atom. The van der Waals surface area contributed by atoms with Crippen LogP contribution in [-0.2, 0) is 19.4 Å². The van der Waals surface area contributed by atoms with Gasteiger partial charge in [-0.25, -0.2) is 9.67 Å². The van der Waals surface area contributed by atoms with Crippen LogP contribution < -0.4 is 19.8 Å². The van der Waals surface area contributed by atoms with E-state index in [1.807, 2.05) is 41.1 Å². The summed E-state index contributed by atoms with van der Waals surface area (Å²) in [6, 6.07) is 18.3. The van der Waals surface area contributed by atoms with Gasteiger partial charge in [0.05, 0.1) is 31.1 Å². The fourth-order valence-corrected chi connectivity index (χ4v) is 5.24. The second-order valence-corrected chi connectivity index (χ2v) is 9.59. The third kappa shape index (κ3) is 4.59. The van der Waals surface area contributed by atoms with Gasteiger partial charge in [-0.1, -0.05) is 24.3 Å². The van der Waals surface area contributed by atoms with Crippen molar-refractivity contribution in [3.63, 3.8) is 0 Å². The standard InChI is InChI=1S/C31H28N4O5/c1-38-27-17-22-23(18-28(27)39-2)32-14-13-26(22)40-29-12-11-20(19-33-29)16-25(36)30-24-10-6-7-15-34(24)35(31(30)37)21-8-4-3-5-9-21/h3-5,8-9,11-14,17-19H,6-7,10,15-16H2,1-2H3. The molecule has 0 unspecified atom stereocenters. The van der Waals surface area contributed by atoms with Gasteiger partial charge in [-0.3, -0.25) is 19.3 Å². The Bertz CT molecular complexity index is 1760. The molecule has 3 aromatic heterocycles. The molecule has 0 fully saturated rings. The van der Waals surface area contributed by atoms with Crippen LogP contribution in [0.4, 0.5) is 0 Å². The van der Waals surface area contributed by atoms with Crippen LogP contribution in [0.1, 0.15) is 34.5 Å². The maximum absolute atomic E-state index is 13.5. The second kappa shape index (κ2) is 10.7. The quantitative estimate of drug-likeness (QED) is 0.253. The minimum absolute atomic E-state index is 0.0729. The number of para-hydroxylation sites is 1. The summed E-state index contributed by atoms with van der Waals surface area (Å²) in [6.45, 7) is 0.711. The highest BCUT2D eigenvalue weighted by atomic mass is 16.5. The van der Waals surface area contributed by atoms with Crippen LogP contribution in [0.3, 0.4) is 0 Å². The zero-order valence-electron chi connectivity index (χ0n) is 22.3. The third-order valence-corrected chi connectivity index (χ3v) is 7.14. The van der Waals surface area contributed by atoms with Gasteiger partial charge in [0.15, 0.2) is 17.3 Å². The second-order valence-electron chi connectivity index (χ2n) is 9.59. The fourth-order valence-electron chi connectivity index (χ4n) is 5.24. The molecular formula is C31H28N4O5. The number of hydrogen-bond acceptors (Lipinski definition) is 7.